The van der Waals surface area contributed by atoms with E-state index in [0.717, 1.165) is 12.2 Å². The summed E-state index contributed by atoms with van der Waals surface area (Å²) in [6.07, 6.45) is -0.0309. The Kier molecular flexibility index (Phi) is 3.83. The van der Waals surface area contributed by atoms with E-state index >= 15 is 0 Å². The maximum absolute atomic E-state index is 10.6. The quantitative estimate of drug-likeness (QED) is 0.917. The maximum atomic E-state index is 10.6. The van der Waals surface area contributed by atoms with Gasteiger partial charge in [-0.25, -0.2) is 0 Å². The second-order valence-corrected chi connectivity index (χ2v) is 5.55. The van der Waals surface area contributed by atoms with Gasteiger partial charge in [-0.1, -0.05) is 11.6 Å². The number of aryl methyl sites for hydroxylation is 2. The van der Waals surface area contributed by atoms with E-state index in [1.165, 1.54) is 0 Å². The van der Waals surface area contributed by atoms with Crippen molar-refractivity contribution < 1.29 is 19.0 Å². The van der Waals surface area contributed by atoms with Gasteiger partial charge in [0.1, 0.15) is 17.6 Å². The monoisotopic (exact) mass is 308 g/mol. The van der Waals surface area contributed by atoms with Crippen molar-refractivity contribution in [1.29, 1.82) is 0 Å². The third kappa shape index (κ3) is 2.74. The van der Waals surface area contributed by atoms with Gasteiger partial charge in [0, 0.05) is 23.6 Å². The van der Waals surface area contributed by atoms with Crippen LogP contribution in [0.4, 0.5) is 0 Å². The van der Waals surface area contributed by atoms with Crippen LogP contribution in [0.1, 0.15) is 35.2 Å². The number of aliphatic hydroxyl groups is 1. The fourth-order valence-electron chi connectivity index (χ4n) is 2.50. The standard InChI is InChI=1S/C16H17ClO4/c1-9-6-11(10(2)21-9)16(18)12-7-14-15(8-13(12)17)20-5-3-4-19-14/h6-8,16,18H,3-5H2,1-2H3. The zero-order valence-electron chi connectivity index (χ0n) is 12.0. The lowest BCUT2D eigenvalue weighted by Gasteiger charge is -2.15. The minimum Gasteiger partial charge on any atom is -0.490 e. The first kappa shape index (κ1) is 14.3. The number of fused-ring (bicyclic) bond motifs is 1. The highest BCUT2D eigenvalue weighted by Gasteiger charge is 2.22. The molecule has 1 N–H and O–H groups in total. The molecule has 1 aliphatic rings. The molecular formula is C16H17ClO4. The SMILES string of the molecule is Cc1cc(C(O)c2cc3c(cc2Cl)OCCCO3)c(C)o1. The summed E-state index contributed by atoms with van der Waals surface area (Å²) < 4.78 is 16.7. The number of halogens is 1. The van der Waals surface area contributed by atoms with Crippen LogP contribution in [0.2, 0.25) is 5.02 Å². The van der Waals surface area contributed by atoms with Crippen molar-refractivity contribution >= 4 is 11.6 Å². The number of ether oxygens (including phenoxy) is 2. The lowest BCUT2D eigenvalue weighted by molar-refractivity contribution is 0.217. The molecule has 1 aromatic carbocycles. The number of benzene rings is 1. The van der Waals surface area contributed by atoms with Gasteiger partial charge in [0.2, 0.25) is 0 Å². The van der Waals surface area contributed by atoms with Crippen molar-refractivity contribution in [2.75, 3.05) is 13.2 Å². The first-order valence-electron chi connectivity index (χ1n) is 6.90. The zero-order chi connectivity index (χ0) is 15.0. The summed E-state index contributed by atoms with van der Waals surface area (Å²) in [5.41, 5.74) is 1.30. The Morgan fingerprint density at radius 2 is 1.71 bits per heavy atom. The predicted octanol–water partition coefficient (Wildman–Crippen LogP) is 3.79. The molecule has 0 radical (unpaired) electrons. The van der Waals surface area contributed by atoms with Gasteiger partial charge in [0.15, 0.2) is 11.5 Å². The molecule has 3 rings (SSSR count). The number of furan rings is 1. The van der Waals surface area contributed by atoms with Crippen LogP contribution in [0, 0.1) is 13.8 Å². The topological polar surface area (TPSA) is 51.8 Å². The van der Waals surface area contributed by atoms with Gasteiger partial charge in [-0.05, 0) is 26.0 Å². The largest absolute Gasteiger partial charge is 0.490 e. The third-order valence-electron chi connectivity index (χ3n) is 3.54. The normalized spacial score (nSPS) is 15.6. The van der Waals surface area contributed by atoms with E-state index in [9.17, 15) is 5.11 Å². The fraction of sp³-hybridized carbons (Fsp3) is 0.375. The van der Waals surface area contributed by atoms with Gasteiger partial charge in [0.05, 0.1) is 18.2 Å². The van der Waals surface area contributed by atoms with Gasteiger partial charge >= 0.3 is 0 Å². The van der Waals surface area contributed by atoms with Crippen molar-refractivity contribution in [1.82, 2.24) is 0 Å². The smallest absolute Gasteiger partial charge is 0.162 e. The molecule has 1 aromatic heterocycles. The minimum absolute atomic E-state index is 0.449. The maximum Gasteiger partial charge on any atom is 0.162 e. The summed E-state index contributed by atoms with van der Waals surface area (Å²) in [6.45, 7) is 4.86. The Morgan fingerprint density at radius 1 is 1.05 bits per heavy atom. The van der Waals surface area contributed by atoms with Crippen LogP contribution in [0.3, 0.4) is 0 Å². The Morgan fingerprint density at radius 3 is 2.33 bits per heavy atom. The second kappa shape index (κ2) is 5.62. The molecule has 112 valence electrons. The van der Waals surface area contributed by atoms with Gasteiger partial charge in [0.25, 0.3) is 0 Å². The van der Waals surface area contributed by atoms with Crippen molar-refractivity contribution in [3.8, 4) is 11.5 Å². The van der Waals surface area contributed by atoms with E-state index < -0.39 is 6.10 Å². The number of rotatable bonds is 2. The molecule has 5 heteroatoms. The molecule has 0 saturated heterocycles. The molecular weight excluding hydrogens is 292 g/mol. The molecule has 0 spiro atoms. The summed E-state index contributed by atoms with van der Waals surface area (Å²) in [5, 5.41) is 11.0. The van der Waals surface area contributed by atoms with Gasteiger partial charge in [-0.15, -0.1) is 0 Å². The van der Waals surface area contributed by atoms with Crippen LogP contribution >= 0.6 is 11.6 Å². The van der Waals surface area contributed by atoms with Crippen LogP contribution in [-0.2, 0) is 0 Å². The number of hydrogen-bond acceptors (Lipinski definition) is 4. The highest BCUT2D eigenvalue weighted by atomic mass is 35.5. The fourth-order valence-corrected chi connectivity index (χ4v) is 2.76. The Hall–Kier alpha value is -1.65. The summed E-state index contributed by atoms with van der Waals surface area (Å²) in [5.74, 6) is 2.67. The lowest BCUT2D eigenvalue weighted by atomic mass is 10.0. The molecule has 2 heterocycles. The molecule has 1 atom stereocenters. The summed E-state index contributed by atoms with van der Waals surface area (Å²) >= 11 is 6.29. The third-order valence-corrected chi connectivity index (χ3v) is 3.86. The van der Waals surface area contributed by atoms with Crippen LogP contribution in [0.15, 0.2) is 22.6 Å². The molecule has 2 aromatic rings. The average molecular weight is 309 g/mol. The first-order chi connectivity index (χ1) is 10.1. The van der Waals surface area contributed by atoms with Crippen LogP contribution in [0.25, 0.3) is 0 Å². The van der Waals surface area contributed by atoms with E-state index in [1.54, 1.807) is 12.1 Å². The Balaban J connectivity index is 2.02. The predicted molar refractivity (Wildman–Crippen MR) is 79.3 cm³/mol. The van der Waals surface area contributed by atoms with E-state index in [0.29, 0.717) is 46.6 Å². The van der Waals surface area contributed by atoms with Gasteiger partial charge < -0.3 is 19.0 Å². The number of aliphatic hydroxyl groups excluding tert-OH is 1. The molecule has 0 aliphatic carbocycles. The molecule has 0 bridgehead atoms. The Labute approximate surface area is 128 Å². The van der Waals surface area contributed by atoms with E-state index in [4.69, 9.17) is 25.5 Å². The molecule has 0 saturated carbocycles. The minimum atomic E-state index is -0.855. The van der Waals surface area contributed by atoms with Gasteiger partial charge in [-0.2, -0.15) is 0 Å². The van der Waals surface area contributed by atoms with E-state index in [1.807, 2.05) is 19.9 Å². The second-order valence-electron chi connectivity index (χ2n) is 5.14. The van der Waals surface area contributed by atoms with E-state index in [-0.39, 0.29) is 0 Å². The van der Waals surface area contributed by atoms with E-state index in [2.05, 4.69) is 0 Å². The zero-order valence-corrected chi connectivity index (χ0v) is 12.7. The highest BCUT2D eigenvalue weighted by molar-refractivity contribution is 6.31. The lowest BCUT2D eigenvalue weighted by Crippen LogP contribution is -2.02. The summed E-state index contributed by atoms with van der Waals surface area (Å²) in [4.78, 5) is 0. The first-order valence-corrected chi connectivity index (χ1v) is 7.28. The molecule has 1 aliphatic heterocycles. The summed E-state index contributed by atoms with van der Waals surface area (Å²) in [7, 11) is 0. The number of hydrogen-bond donors (Lipinski definition) is 1. The van der Waals surface area contributed by atoms with Crippen LogP contribution < -0.4 is 9.47 Å². The van der Waals surface area contributed by atoms with Crippen LogP contribution in [-0.4, -0.2) is 18.3 Å². The Bertz CT molecular complexity index is 663. The van der Waals surface area contributed by atoms with Crippen molar-refractivity contribution in [2.24, 2.45) is 0 Å². The molecule has 0 fully saturated rings. The van der Waals surface area contributed by atoms with Crippen molar-refractivity contribution in [3.05, 3.63) is 45.9 Å². The highest BCUT2D eigenvalue weighted by Crippen LogP contribution is 2.39. The molecule has 0 amide bonds. The van der Waals surface area contributed by atoms with Crippen molar-refractivity contribution in [3.63, 3.8) is 0 Å². The molecule has 21 heavy (non-hydrogen) atoms. The van der Waals surface area contributed by atoms with Crippen LogP contribution in [0.5, 0.6) is 11.5 Å². The molecule has 4 nitrogen and oxygen atoms in total. The van der Waals surface area contributed by atoms with Gasteiger partial charge in [-0.3, -0.25) is 0 Å². The van der Waals surface area contributed by atoms with Crippen molar-refractivity contribution in [2.45, 2.75) is 26.4 Å². The average Bonchev–Trinajstić information content (AvgIpc) is 2.64. The summed E-state index contributed by atoms with van der Waals surface area (Å²) in [6, 6.07) is 5.26. The molecule has 1 unspecified atom stereocenters.